The van der Waals surface area contributed by atoms with Gasteiger partial charge in [0.2, 0.25) is 0 Å². The van der Waals surface area contributed by atoms with Crippen LogP contribution in [-0.4, -0.2) is 19.5 Å². The van der Waals surface area contributed by atoms with Gasteiger partial charge in [0.25, 0.3) is 0 Å². The third-order valence-corrected chi connectivity index (χ3v) is 3.23. The van der Waals surface area contributed by atoms with E-state index in [1.54, 1.807) is 18.9 Å². The van der Waals surface area contributed by atoms with E-state index in [0.29, 0.717) is 5.56 Å². The molecule has 0 saturated carbocycles. The summed E-state index contributed by atoms with van der Waals surface area (Å²) in [6.07, 6.45) is 0. The molecule has 14 heavy (non-hydrogen) atoms. The number of thioether (sulfide) groups is 1. The number of benzene rings is 1. The highest BCUT2D eigenvalue weighted by molar-refractivity contribution is 9.10. The molecule has 1 aromatic carbocycles. The lowest BCUT2D eigenvalue weighted by molar-refractivity contribution is 0.218. The standard InChI is InChI=1S/C10H10BrNOS/c1-13-4-5-14-9-3-2-8(7-12)10(11)6-9/h2-3,6H,4-5H2,1H3. The van der Waals surface area contributed by atoms with Gasteiger partial charge in [-0.2, -0.15) is 5.26 Å². The van der Waals surface area contributed by atoms with E-state index >= 15 is 0 Å². The lowest BCUT2D eigenvalue weighted by atomic mass is 10.2. The van der Waals surface area contributed by atoms with Gasteiger partial charge in [-0.1, -0.05) is 0 Å². The molecular weight excluding hydrogens is 262 g/mol. The Bertz CT molecular complexity index is 348. The second kappa shape index (κ2) is 6.07. The Morgan fingerprint density at radius 1 is 1.57 bits per heavy atom. The van der Waals surface area contributed by atoms with Crippen molar-refractivity contribution in [3.8, 4) is 6.07 Å². The van der Waals surface area contributed by atoms with Crippen LogP contribution in [0.4, 0.5) is 0 Å². The molecule has 4 heteroatoms. The molecule has 1 aromatic rings. The molecule has 2 nitrogen and oxygen atoms in total. The third-order valence-electron chi connectivity index (χ3n) is 1.62. The lowest BCUT2D eigenvalue weighted by Crippen LogP contribution is -1.91. The fourth-order valence-corrected chi connectivity index (χ4v) is 2.39. The molecule has 0 fully saturated rings. The number of hydrogen-bond donors (Lipinski definition) is 0. The average molecular weight is 272 g/mol. The molecule has 74 valence electrons. The van der Waals surface area contributed by atoms with Gasteiger partial charge in [-0.25, -0.2) is 0 Å². The summed E-state index contributed by atoms with van der Waals surface area (Å²) in [4.78, 5) is 1.15. The molecule has 0 aromatic heterocycles. The molecule has 0 amide bonds. The van der Waals surface area contributed by atoms with Gasteiger partial charge in [-0.05, 0) is 34.1 Å². The molecule has 0 N–H and O–H groups in total. The summed E-state index contributed by atoms with van der Waals surface area (Å²) in [7, 11) is 1.69. The van der Waals surface area contributed by atoms with Crippen LogP contribution in [0.15, 0.2) is 27.6 Å². The van der Waals surface area contributed by atoms with E-state index in [2.05, 4.69) is 22.0 Å². The highest BCUT2D eigenvalue weighted by atomic mass is 79.9. The molecular formula is C10H10BrNOS. The number of methoxy groups -OCH3 is 1. The molecule has 0 unspecified atom stereocenters. The minimum Gasteiger partial charge on any atom is -0.384 e. The van der Waals surface area contributed by atoms with Gasteiger partial charge in [0, 0.05) is 22.2 Å². The molecule has 0 aliphatic heterocycles. The number of rotatable bonds is 4. The zero-order chi connectivity index (χ0) is 10.4. The fourth-order valence-electron chi connectivity index (χ4n) is 0.919. The third kappa shape index (κ3) is 3.33. The molecule has 0 heterocycles. The van der Waals surface area contributed by atoms with E-state index < -0.39 is 0 Å². The summed E-state index contributed by atoms with van der Waals surface area (Å²) in [5.41, 5.74) is 0.668. The van der Waals surface area contributed by atoms with Gasteiger partial charge in [0.1, 0.15) is 6.07 Å². The van der Waals surface area contributed by atoms with Crippen LogP contribution in [0.3, 0.4) is 0 Å². The topological polar surface area (TPSA) is 33.0 Å². The van der Waals surface area contributed by atoms with Crippen LogP contribution in [0.5, 0.6) is 0 Å². The molecule has 0 spiro atoms. The van der Waals surface area contributed by atoms with Crippen LogP contribution in [-0.2, 0) is 4.74 Å². The van der Waals surface area contributed by atoms with Crippen molar-refractivity contribution in [3.63, 3.8) is 0 Å². The minimum absolute atomic E-state index is 0.668. The molecule has 0 atom stereocenters. The van der Waals surface area contributed by atoms with Crippen molar-refractivity contribution in [2.45, 2.75) is 4.90 Å². The maximum atomic E-state index is 8.72. The van der Waals surface area contributed by atoms with Crippen LogP contribution in [0.1, 0.15) is 5.56 Å². The van der Waals surface area contributed by atoms with E-state index in [-0.39, 0.29) is 0 Å². The van der Waals surface area contributed by atoms with Crippen molar-refractivity contribution in [1.29, 1.82) is 5.26 Å². The maximum absolute atomic E-state index is 8.72. The van der Waals surface area contributed by atoms with E-state index in [1.165, 1.54) is 0 Å². The van der Waals surface area contributed by atoms with Crippen molar-refractivity contribution in [3.05, 3.63) is 28.2 Å². The van der Waals surface area contributed by atoms with Gasteiger partial charge >= 0.3 is 0 Å². The monoisotopic (exact) mass is 271 g/mol. The summed E-state index contributed by atoms with van der Waals surface area (Å²) < 4.78 is 5.80. The number of nitrogens with zero attached hydrogens (tertiary/aromatic N) is 1. The predicted molar refractivity (Wildman–Crippen MR) is 61.5 cm³/mol. The Morgan fingerprint density at radius 2 is 2.36 bits per heavy atom. The van der Waals surface area contributed by atoms with Crippen molar-refractivity contribution in [1.82, 2.24) is 0 Å². The second-order valence-electron chi connectivity index (χ2n) is 2.59. The zero-order valence-corrected chi connectivity index (χ0v) is 10.2. The Balaban J connectivity index is 2.63. The average Bonchev–Trinajstić information content (AvgIpc) is 2.18. The quantitative estimate of drug-likeness (QED) is 0.624. The van der Waals surface area contributed by atoms with Crippen LogP contribution in [0, 0.1) is 11.3 Å². The van der Waals surface area contributed by atoms with Crippen molar-refractivity contribution in [2.24, 2.45) is 0 Å². The first kappa shape index (κ1) is 11.6. The Labute approximate surface area is 96.4 Å². The molecule has 1 rings (SSSR count). The van der Waals surface area contributed by atoms with Crippen molar-refractivity contribution >= 4 is 27.7 Å². The Kier molecular flexibility index (Phi) is 5.02. The van der Waals surface area contributed by atoms with E-state index in [1.807, 2.05) is 18.2 Å². The van der Waals surface area contributed by atoms with Gasteiger partial charge in [-0.3, -0.25) is 0 Å². The molecule has 0 saturated heterocycles. The van der Waals surface area contributed by atoms with Gasteiger partial charge < -0.3 is 4.74 Å². The Hall–Kier alpha value is -0.500. The first-order valence-electron chi connectivity index (χ1n) is 4.09. The minimum atomic E-state index is 0.668. The SMILES string of the molecule is COCCSc1ccc(C#N)c(Br)c1. The summed E-state index contributed by atoms with van der Waals surface area (Å²) in [6.45, 7) is 0.738. The number of ether oxygens (including phenoxy) is 1. The normalized spacial score (nSPS) is 9.79. The highest BCUT2D eigenvalue weighted by Crippen LogP contribution is 2.24. The largest absolute Gasteiger partial charge is 0.384 e. The smallest absolute Gasteiger partial charge is 0.100 e. The number of hydrogen-bond acceptors (Lipinski definition) is 3. The molecule has 0 radical (unpaired) electrons. The second-order valence-corrected chi connectivity index (χ2v) is 4.62. The van der Waals surface area contributed by atoms with Crippen molar-refractivity contribution in [2.75, 3.05) is 19.5 Å². The van der Waals surface area contributed by atoms with E-state index in [4.69, 9.17) is 10.00 Å². The van der Waals surface area contributed by atoms with Gasteiger partial charge in [-0.15, -0.1) is 11.8 Å². The zero-order valence-electron chi connectivity index (χ0n) is 7.79. The van der Waals surface area contributed by atoms with E-state index in [9.17, 15) is 0 Å². The number of halogens is 1. The van der Waals surface area contributed by atoms with Crippen LogP contribution in [0.25, 0.3) is 0 Å². The lowest BCUT2D eigenvalue weighted by Gasteiger charge is -2.02. The summed E-state index contributed by atoms with van der Waals surface area (Å²) in [5.74, 6) is 0.925. The van der Waals surface area contributed by atoms with E-state index in [0.717, 1.165) is 21.7 Å². The summed E-state index contributed by atoms with van der Waals surface area (Å²) in [6, 6.07) is 7.83. The first-order valence-corrected chi connectivity index (χ1v) is 5.87. The van der Waals surface area contributed by atoms with Crippen LogP contribution in [0.2, 0.25) is 0 Å². The van der Waals surface area contributed by atoms with Crippen LogP contribution < -0.4 is 0 Å². The summed E-state index contributed by atoms with van der Waals surface area (Å²) in [5, 5.41) is 8.72. The fraction of sp³-hybridized carbons (Fsp3) is 0.300. The Morgan fingerprint density at radius 3 is 2.93 bits per heavy atom. The summed E-state index contributed by atoms with van der Waals surface area (Å²) >= 11 is 5.06. The number of nitriles is 1. The molecule has 0 aliphatic rings. The molecule has 0 bridgehead atoms. The predicted octanol–water partition coefficient (Wildman–Crippen LogP) is 3.06. The highest BCUT2D eigenvalue weighted by Gasteiger charge is 2.00. The van der Waals surface area contributed by atoms with Crippen molar-refractivity contribution < 1.29 is 4.74 Å². The van der Waals surface area contributed by atoms with Gasteiger partial charge in [0.05, 0.1) is 12.2 Å². The first-order chi connectivity index (χ1) is 6.77. The maximum Gasteiger partial charge on any atom is 0.100 e. The molecule has 0 aliphatic carbocycles. The van der Waals surface area contributed by atoms with Gasteiger partial charge in [0.15, 0.2) is 0 Å². The van der Waals surface area contributed by atoms with Crippen LogP contribution >= 0.6 is 27.7 Å².